The van der Waals surface area contributed by atoms with Crippen molar-refractivity contribution < 1.29 is 0 Å². The molecular weight excluding hydrogens is 124 g/mol. The van der Waals surface area contributed by atoms with Crippen LogP contribution in [-0.4, -0.2) is 38.1 Å². The zero-order valence-corrected chi connectivity index (χ0v) is 7.02. The van der Waals surface area contributed by atoms with E-state index in [1.54, 1.807) is 0 Å². The SMILES string of the molecule is C#CCNC(C)CN(C)C. The fraction of sp³-hybridized carbons (Fsp3) is 0.750. The van der Waals surface area contributed by atoms with Crippen molar-refractivity contribution in [3.8, 4) is 12.3 Å². The molecule has 0 bridgehead atoms. The first-order chi connectivity index (χ1) is 4.66. The van der Waals surface area contributed by atoms with Gasteiger partial charge in [-0.2, -0.15) is 0 Å². The van der Waals surface area contributed by atoms with Gasteiger partial charge in [-0.05, 0) is 21.0 Å². The van der Waals surface area contributed by atoms with Crippen molar-refractivity contribution in [2.24, 2.45) is 0 Å². The smallest absolute Gasteiger partial charge is 0.0576 e. The molecular formula is C8H16N2. The molecule has 0 spiro atoms. The summed E-state index contributed by atoms with van der Waals surface area (Å²) >= 11 is 0. The largest absolute Gasteiger partial charge is 0.308 e. The molecule has 0 saturated heterocycles. The topological polar surface area (TPSA) is 15.3 Å². The minimum absolute atomic E-state index is 0.478. The predicted molar refractivity (Wildman–Crippen MR) is 44.9 cm³/mol. The van der Waals surface area contributed by atoms with E-state index in [2.05, 4.69) is 23.1 Å². The number of likely N-dealkylation sites (N-methyl/N-ethyl adjacent to an activating group) is 1. The first-order valence-corrected chi connectivity index (χ1v) is 3.48. The molecule has 0 radical (unpaired) electrons. The molecule has 58 valence electrons. The maximum absolute atomic E-state index is 5.08. The van der Waals surface area contributed by atoms with Gasteiger partial charge in [0.15, 0.2) is 0 Å². The van der Waals surface area contributed by atoms with Gasteiger partial charge in [0.2, 0.25) is 0 Å². The van der Waals surface area contributed by atoms with Crippen molar-refractivity contribution in [1.29, 1.82) is 0 Å². The lowest BCUT2D eigenvalue weighted by atomic mass is 10.3. The third kappa shape index (κ3) is 5.61. The number of hydrogen-bond acceptors (Lipinski definition) is 2. The van der Waals surface area contributed by atoms with Gasteiger partial charge in [0.05, 0.1) is 6.54 Å². The maximum atomic E-state index is 5.08. The minimum Gasteiger partial charge on any atom is -0.308 e. The molecule has 0 rings (SSSR count). The summed E-state index contributed by atoms with van der Waals surface area (Å²) in [6.45, 7) is 3.81. The van der Waals surface area contributed by atoms with Crippen molar-refractivity contribution in [2.45, 2.75) is 13.0 Å². The molecule has 1 atom stereocenters. The molecule has 2 heteroatoms. The Morgan fingerprint density at radius 1 is 1.60 bits per heavy atom. The zero-order valence-electron chi connectivity index (χ0n) is 7.02. The van der Waals surface area contributed by atoms with E-state index in [1.807, 2.05) is 14.1 Å². The molecule has 10 heavy (non-hydrogen) atoms. The molecule has 0 aromatic carbocycles. The average Bonchev–Trinajstić information content (AvgIpc) is 1.82. The average molecular weight is 140 g/mol. The Labute approximate surface area is 63.6 Å². The highest BCUT2D eigenvalue weighted by molar-refractivity contribution is 4.87. The highest BCUT2D eigenvalue weighted by atomic mass is 15.1. The zero-order chi connectivity index (χ0) is 7.98. The molecule has 1 N–H and O–H groups in total. The van der Waals surface area contributed by atoms with Crippen molar-refractivity contribution >= 4 is 0 Å². The Morgan fingerprint density at radius 2 is 2.20 bits per heavy atom. The monoisotopic (exact) mass is 140 g/mol. The minimum atomic E-state index is 0.478. The summed E-state index contributed by atoms with van der Waals surface area (Å²) in [4.78, 5) is 2.13. The van der Waals surface area contributed by atoms with Crippen molar-refractivity contribution in [3.05, 3.63) is 0 Å². The van der Waals surface area contributed by atoms with Crippen LogP contribution in [0.25, 0.3) is 0 Å². The maximum Gasteiger partial charge on any atom is 0.0576 e. The lowest BCUT2D eigenvalue weighted by Gasteiger charge is -2.16. The summed E-state index contributed by atoms with van der Waals surface area (Å²) in [6, 6.07) is 0.478. The Bertz CT molecular complexity index is 113. The fourth-order valence-electron chi connectivity index (χ4n) is 0.845. The van der Waals surface area contributed by atoms with Gasteiger partial charge >= 0.3 is 0 Å². The van der Waals surface area contributed by atoms with E-state index >= 15 is 0 Å². The Hall–Kier alpha value is -0.520. The molecule has 0 heterocycles. The molecule has 2 nitrogen and oxygen atoms in total. The van der Waals surface area contributed by atoms with E-state index in [0.717, 1.165) is 6.54 Å². The van der Waals surface area contributed by atoms with Crippen molar-refractivity contribution in [3.63, 3.8) is 0 Å². The van der Waals surface area contributed by atoms with E-state index < -0.39 is 0 Å². The van der Waals surface area contributed by atoms with E-state index in [1.165, 1.54) is 0 Å². The molecule has 0 aliphatic carbocycles. The van der Waals surface area contributed by atoms with Crippen LogP contribution >= 0.6 is 0 Å². The summed E-state index contributed by atoms with van der Waals surface area (Å²) in [5, 5.41) is 3.19. The van der Waals surface area contributed by atoms with Gasteiger partial charge in [0.1, 0.15) is 0 Å². The quantitative estimate of drug-likeness (QED) is 0.560. The molecule has 0 aromatic heterocycles. The van der Waals surface area contributed by atoms with Crippen LogP contribution in [0.3, 0.4) is 0 Å². The third-order valence-electron chi connectivity index (χ3n) is 1.19. The second kappa shape index (κ2) is 5.28. The molecule has 0 saturated carbocycles. The van der Waals surface area contributed by atoms with E-state index in [9.17, 15) is 0 Å². The standard InChI is InChI=1S/C8H16N2/c1-5-6-9-8(2)7-10(3)4/h1,8-9H,6-7H2,2-4H3. The first kappa shape index (κ1) is 9.48. The first-order valence-electron chi connectivity index (χ1n) is 3.48. The molecule has 1 unspecified atom stereocenters. The number of hydrogen-bond donors (Lipinski definition) is 1. The normalized spacial score (nSPS) is 13.1. The number of nitrogens with one attached hydrogen (secondary N) is 1. The Kier molecular flexibility index (Phi) is 5.00. The highest BCUT2D eigenvalue weighted by Crippen LogP contribution is 1.82. The van der Waals surface area contributed by atoms with Crippen LogP contribution < -0.4 is 5.32 Å². The van der Waals surface area contributed by atoms with Crippen molar-refractivity contribution in [1.82, 2.24) is 10.2 Å². The molecule has 0 fully saturated rings. The molecule has 0 aliphatic rings. The van der Waals surface area contributed by atoms with Gasteiger partial charge in [-0.1, -0.05) is 5.92 Å². The van der Waals surface area contributed by atoms with Gasteiger partial charge in [0.25, 0.3) is 0 Å². The van der Waals surface area contributed by atoms with Gasteiger partial charge in [0, 0.05) is 12.6 Å². The van der Waals surface area contributed by atoms with Crippen LogP contribution in [0.4, 0.5) is 0 Å². The third-order valence-corrected chi connectivity index (χ3v) is 1.19. The number of terminal acetylenes is 1. The van der Waals surface area contributed by atoms with Crippen LogP contribution in [0.1, 0.15) is 6.92 Å². The summed E-state index contributed by atoms with van der Waals surface area (Å²) in [5.74, 6) is 2.54. The second-order valence-electron chi connectivity index (χ2n) is 2.75. The van der Waals surface area contributed by atoms with Crippen LogP contribution in [0.2, 0.25) is 0 Å². The van der Waals surface area contributed by atoms with E-state index in [-0.39, 0.29) is 0 Å². The number of nitrogens with zero attached hydrogens (tertiary/aromatic N) is 1. The Morgan fingerprint density at radius 3 is 2.60 bits per heavy atom. The second-order valence-corrected chi connectivity index (χ2v) is 2.75. The fourth-order valence-corrected chi connectivity index (χ4v) is 0.845. The Balaban J connectivity index is 3.27. The van der Waals surface area contributed by atoms with Gasteiger partial charge < -0.3 is 10.2 Å². The van der Waals surface area contributed by atoms with Crippen LogP contribution in [0.15, 0.2) is 0 Å². The van der Waals surface area contributed by atoms with Gasteiger partial charge in [-0.15, -0.1) is 6.42 Å². The summed E-state index contributed by atoms with van der Waals surface area (Å²) in [7, 11) is 4.10. The molecule has 0 aromatic rings. The highest BCUT2D eigenvalue weighted by Gasteiger charge is 1.99. The van der Waals surface area contributed by atoms with Crippen LogP contribution in [0.5, 0.6) is 0 Å². The van der Waals surface area contributed by atoms with E-state index in [0.29, 0.717) is 12.6 Å². The van der Waals surface area contributed by atoms with E-state index in [4.69, 9.17) is 6.42 Å². The molecule has 0 amide bonds. The summed E-state index contributed by atoms with van der Waals surface area (Å²) < 4.78 is 0. The van der Waals surface area contributed by atoms with Gasteiger partial charge in [-0.25, -0.2) is 0 Å². The van der Waals surface area contributed by atoms with Gasteiger partial charge in [-0.3, -0.25) is 0 Å². The summed E-state index contributed by atoms with van der Waals surface area (Å²) in [5.41, 5.74) is 0. The predicted octanol–water partition coefficient (Wildman–Crippen LogP) is 0.159. The molecule has 0 aliphatic heterocycles. The number of rotatable bonds is 4. The lowest BCUT2D eigenvalue weighted by Crippen LogP contribution is -2.35. The van der Waals surface area contributed by atoms with Crippen LogP contribution in [-0.2, 0) is 0 Å². The lowest BCUT2D eigenvalue weighted by molar-refractivity contribution is 0.356. The van der Waals surface area contributed by atoms with Crippen molar-refractivity contribution in [2.75, 3.05) is 27.2 Å². The van der Waals surface area contributed by atoms with Crippen LogP contribution in [0, 0.1) is 12.3 Å². The summed E-state index contributed by atoms with van der Waals surface area (Å²) in [6.07, 6.45) is 5.08.